The van der Waals surface area contributed by atoms with Crippen LogP contribution in [0.5, 0.6) is 0 Å². The molecule has 0 saturated heterocycles. The van der Waals surface area contributed by atoms with Gasteiger partial charge >= 0.3 is 5.69 Å². The maximum absolute atomic E-state index is 12.1. The van der Waals surface area contributed by atoms with Crippen molar-refractivity contribution in [2.75, 3.05) is 0 Å². The number of hydrogen-bond donors (Lipinski definition) is 2. The molecule has 0 aliphatic carbocycles. The van der Waals surface area contributed by atoms with Gasteiger partial charge in [0.25, 0.3) is 0 Å². The van der Waals surface area contributed by atoms with Gasteiger partial charge in [0.05, 0.1) is 11.5 Å². The van der Waals surface area contributed by atoms with E-state index in [0.29, 0.717) is 23.0 Å². The van der Waals surface area contributed by atoms with E-state index in [0.717, 1.165) is 16.6 Å². The minimum atomic E-state index is -0.484. The highest BCUT2D eigenvalue weighted by Gasteiger charge is 2.22. The molecule has 2 heterocycles. The van der Waals surface area contributed by atoms with E-state index in [-0.39, 0.29) is 18.1 Å². The Labute approximate surface area is 147 Å². The minimum absolute atomic E-state index is 0.0553. The molecule has 2 aromatic heterocycles. The summed E-state index contributed by atoms with van der Waals surface area (Å²) in [6.07, 6.45) is 0. The van der Waals surface area contributed by atoms with E-state index < -0.39 is 4.92 Å². The summed E-state index contributed by atoms with van der Waals surface area (Å²) in [5.74, 6) is -0.280. The Kier molecular flexibility index (Phi) is 4.45. The fraction of sp³-hybridized carbons (Fsp3) is 0.250. The molecule has 0 saturated carbocycles. The van der Waals surface area contributed by atoms with E-state index in [2.05, 4.69) is 15.4 Å². The molecule has 3 rings (SSSR count). The van der Waals surface area contributed by atoms with Crippen molar-refractivity contribution in [3.63, 3.8) is 0 Å². The number of nitrogens with zero attached hydrogens (tertiary/aromatic N) is 3. The van der Waals surface area contributed by atoms with Gasteiger partial charge in [-0.25, -0.2) is 0 Å². The number of rotatable bonds is 5. The number of aromatic nitrogens is 3. The van der Waals surface area contributed by atoms with E-state index in [9.17, 15) is 14.9 Å². The number of H-pyrrole nitrogens is 1. The van der Waals surface area contributed by atoms with E-state index >= 15 is 0 Å². The van der Waals surface area contributed by atoms with E-state index in [1.807, 2.05) is 18.2 Å². The maximum Gasteiger partial charge on any atom is 0.312 e. The fourth-order valence-corrected chi connectivity index (χ4v) is 2.93. The number of amides is 1. The Balaban J connectivity index is 1.66. The summed E-state index contributed by atoms with van der Waals surface area (Å²) in [6.45, 7) is 3.36. The van der Waals surface area contributed by atoms with Gasteiger partial charge < -0.3 is 10.3 Å². The molecule has 0 aliphatic heterocycles. The molecule has 0 bridgehead atoms. The monoisotopic (exact) mass is 361 g/mol. The Morgan fingerprint density at radius 3 is 2.84 bits per heavy atom. The smallest absolute Gasteiger partial charge is 0.312 e. The number of halogens is 1. The van der Waals surface area contributed by atoms with Crippen molar-refractivity contribution in [2.45, 2.75) is 26.9 Å². The number of aromatic amines is 1. The van der Waals surface area contributed by atoms with Crippen LogP contribution in [0.25, 0.3) is 10.9 Å². The van der Waals surface area contributed by atoms with Crippen LogP contribution in [-0.2, 0) is 17.9 Å². The molecule has 8 nitrogen and oxygen atoms in total. The molecule has 1 amide bonds. The predicted octanol–water partition coefficient (Wildman–Crippen LogP) is 2.86. The molecule has 0 spiro atoms. The average molecular weight is 362 g/mol. The lowest BCUT2D eigenvalue weighted by Crippen LogP contribution is -2.28. The molecular weight excluding hydrogens is 346 g/mol. The fourth-order valence-electron chi connectivity index (χ4n) is 2.75. The summed E-state index contributed by atoms with van der Waals surface area (Å²) in [6, 6.07) is 7.42. The van der Waals surface area contributed by atoms with Gasteiger partial charge in [-0.3, -0.25) is 19.6 Å². The third-order valence-electron chi connectivity index (χ3n) is 3.93. The summed E-state index contributed by atoms with van der Waals surface area (Å²) in [7, 11) is 0. The number of hydrogen-bond acceptors (Lipinski definition) is 4. The highest BCUT2D eigenvalue weighted by Crippen LogP contribution is 2.22. The summed E-state index contributed by atoms with van der Waals surface area (Å²) in [4.78, 5) is 25.8. The number of carbonyl (C=O) groups is 1. The standard InChI is InChI=1S/C16H16ClN5O3/c1-9-16(22(24)25)10(2)21(20-9)8-15(23)18-7-13-6-11-5-12(17)3-4-14(11)19-13/h3-6,19H,7-8H2,1-2H3,(H,18,23). The second-order valence-electron chi connectivity index (χ2n) is 5.74. The van der Waals surface area contributed by atoms with Crippen LogP contribution in [-0.4, -0.2) is 25.6 Å². The van der Waals surface area contributed by atoms with Crippen LogP contribution < -0.4 is 5.32 Å². The van der Waals surface area contributed by atoms with Crippen LogP contribution in [0.15, 0.2) is 24.3 Å². The number of fused-ring (bicyclic) bond motifs is 1. The summed E-state index contributed by atoms with van der Waals surface area (Å²) >= 11 is 5.96. The van der Waals surface area contributed by atoms with Crippen molar-refractivity contribution in [2.24, 2.45) is 0 Å². The molecule has 1 aromatic carbocycles. The van der Waals surface area contributed by atoms with Crippen molar-refractivity contribution in [3.8, 4) is 0 Å². The molecule has 130 valence electrons. The van der Waals surface area contributed by atoms with E-state index in [1.165, 1.54) is 4.68 Å². The SMILES string of the molecule is Cc1nn(CC(=O)NCc2cc3cc(Cl)ccc3[nH]2)c(C)c1[N+](=O)[O-]. The van der Waals surface area contributed by atoms with Crippen LogP contribution in [0, 0.1) is 24.0 Å². The number of aryl methyl sites for hydroxylation is 1. The zero-order chi connectivity index (χ0) is 18.1. The quantitative estimate of drug-likeness (QED) is 0.538. The first kappa shape index (κ1) is 17.0. The van der Waals surface area contributed by atoms with Gasteiger partial charge in [0.1, 0.15) is 17.9 Å². The second kappa shape index (κ2) is 6.56. The number of nitro groups is 1. The lowest BCUT2D eigenvalue weighted by molar-refractivity contribution is -0.386. The van der Waals surface area contributed by atoms with Crippen LogP contribution in [0.2, 0.25) is 5.02 Å². The van der Waals surface area contributed by atoms with Crippen molar-refractivity contribution in [1.82, 2.24) is 20.1 Å². The van der Waals surface area contributed by atoms with Crippen LogP contribution in [0.1, 0.15) is 17.1 Å². The molecule has 0 radical (unpaired) electrons. The van der Waals surface area contributed by atoms with Gasteiger partial charge in [0, 0.05) is 21.6 Å². The number of carbonyl (C=O) groups excluding carboxylic acids is 1. The highest BCUT2D eigenvalue weighted by molar-refractivity contribution is 6.31. The topological polar surface area (TPSA) is 106 Å². The third-order valence-corrected chi connectivity index (χ3v) is 4.17. The highest BCUT2D eigenvalue weighted by atomic mass is 35.5. The van der Waals surface area contributed by atoms with Gasteiger partial charge in [-0.2, -0.15) is 5.10 Å². The molecular formula is C16H16ClN5O3. The largest absolute Gasteiger partial charge is 0.357 e. The molecule has 0 fully saturated rings. The van der Waals surface area contributed by atoms with Crippen LogP contribution in [0.3, 0.4) is 0 Å². The zero-order valence-corrected chi connectivity index (χ0v) is 14.4. The molecule has 25 heavy (non-hydrogen) atoms. The average Bonchev–Trinajstić information content (AvgIpc) is 3.05. The first-order valence-electron chi connectivity index (χ1n) is 7.57. The van der Waals surface area contributed by atoms with Crippen LogP contribution in [0.4, 0.5) is 5.69 Å². The molecule has 0 aliphatic rings. The van der Waals surface area contributed by atoms with Gasteiger partial charge in [0.2, 0.25) is 5.91 Å². The lowest BCUT2D eigenvalue weighted by Gasteiger charge is -2.05. The molecule has 2 N–H and O–H groups in total. The van der Waals surface area contributed by atoms with Gasteiger partial charge in [0.15, 0.2) is 0 Å². The molecule has 0 atom stereocenters. The summed E-state index contributed by atoms with van der Waals surface area (Å²) < 4.78 is 1.34. The van der Waals surface area contributed by atoms with E-state index in [1.54, 1.807) is 19.9 Å². The van der Waals surface area contributed by atoms with Crippen molar-refractivity contribution < 1.29 is 9.72 Å². The maximum atomic E-state index is 12.1. The summed E-state index contributed by atoms with van der Waals surface area (Å²) in [5.41, 5.74) is 2.37. The Morgan fingerprint density at radius 2 is 2.16 bits per heavy atom. The Bertz CT molecular complexity index is 976. The lowest BCUT2D eigenvalue weighted by atomic mass is 10.2. The summed E-state index contributed by atoms with van der Waals surface area (Å²) in [5, 5.41) is 19.4. The zero-order valence-electron chi connectivity index (χ0n) is 13.7. The van der Waals surface area contributed by atoms with Crippen molar-refractivity contribution in [1.29, 1.82) is 0 Å². The first-order valence-corrected chi connectivity index (χ1v) is 7.95. The molecule has 9 heteroatoms. The van der Waals surface area contributed by atoms with Gasteiger partial charge in [-0.05, 0) is 38.1 Å². The molecule has 0 unspecified atom stereocenters. The normalized spacial score (nSPS) is 11.0. The molecule has 3 aromatic rings. The van der Waals surface area contributed by atoms with Crippen molar-refractivity contribution >= 4 is 34.1 Å². The predicted molar refractivity (Wildman–Crippen MR) is 93.5 cm³/mol. The van der Waals surface area contributed by atoms with Gasteiger partial charge in [-0.15, -0.1) is 0 Å². The van der Waals surface area contributed by atoms with E-state index in [4.69, 9.17) is 11.6 Å². The second-order valence-corrected chi connectivity index (χ2v) is 6.17. The minimum Gasteiger partial charge on any atom is -0.357 e. The number of benzene rings is 1. The Hall–Kier alpha value is -2.87. The third kappa shape index (κ3) is 3.48. The first-order chi connectivity index (χ1) is 11.8. The van der Waals surface area contributed by atoms with Crippen molar-refractivity contribution in [3.05, 3.63) is 56.5 Å². The Morgan fingerprint density at radius 1 is 1.40 bits per heavy atom. The van der Waals surface area contributed by atoms with Crippen LogP contribution >= 0.6 is 11.6 Å². The number of nitrogens with one attached hydrogen (secondary N) is 2. The van der Waals surface area contributed by atoms with Gasteiger partial charge in [-0.1, -0.05) is 11.6 Å².